The van der Waals surface area contributed by atoms with Gasteiger partial charge in [-0.05, 0) is 32.9 Å². The molecule has 0 spiro atoms. The van der Waals surface area contributed by atoms with E-state index in [0.717, 1.165) is 20.8 Å². The molecule has 25 heavy (non-hydrogen) atoms. The number of amides is 3. The summed E-state index contributed by atoms with van der Waals surface area (Å²) in [6, 6.07) is 8.36. The number of carbonyl (C=O) groups is 3. The number of aromatic amines is 1. The van der Waals surface area contributed by atoms with E-state index in [9.17, 15) is 14.4 Å². The largest absolute Gasteiger partial charge is 0.362 e. The Hall–Kier alpha value is -2.41. The summed E-state index contributed by atoms with van der Waals surface area (Å²) >= 11 is 3.42. The maximum absolute atomic E-state index is 12.9. The van der Waals surface area contributed by atoms with E-state index < -0.39 is 17.5 Å². The topological polar surface area (TPSA) is 82.3 Å². The van der Waals surface area contributed by atoms with E-state index >= 15 is 0 Å². The average molecular weight is 404 g/mol. The van der Waals surface area contributed by atoms with Gasteiger partial charge in [-0.2, -0.15) is 0 Å². The second-order valence-electron chi connectivity index (χ2n) is 6.34. The van der Waals surface area contributed by atoms with E-state index in [1.54, 1.807) is 38.1 Å². The second-order valence-corrected chi connectivity index (χ2v) is 7.19. The molecule has 0 saturated carbocycles. The summed E-state index contributed by atoms with van der Waals surface area (Å²) in [6.07, 6.45) is 0. The highest BCUT2D eigenvalue weighted by Crippen LogP contribution is 2.33. The van der Waals surface area contributed by atoms with Gasteiger partial charge in [-0.1, -0.05) is 34.1 Å². The summed E-state index contributed by atoms with van der Waals surface area (Å²) < 4.78 is 0.719. The molecule has 6 nitrogen and oxygen atoms in total. The molecule has 0 bridgehead atoms. The van der Waals surface area contributed by atoms with Crippen LogP contribution in [0.15, 0.2) is 34.8 Å². The van der Waals surface area contributed by atoms with Crippen LogP contribution in [0, 0.1) is 13.8 Å². The van der Waals surface area contributed by atoms with Gasteiger partial charge in [0.15, 0.2) is 5.78 Å². The Morgan fingerprint density at radius 3 is 2.52 bits per heavy atom. The lowest BCUT2D eigenvalue weighted by molar-refractivity contribution is -0.130. The second kappa shape index (κ2) is 6.15. The van der Waals surface area contributed by atoms with Crippen molar-refractivity contribution in [1.82, 2.24) is 15.2 Å². The summed E-state index contributed by atoms with van der Waals surface area (Å²) in [5, 5.41) is 2.71. The number of hydrogen-bond acceptors (Lipinski definition) is 3. The predicted octanol–water partition coefficient (Wildman–Crippen LogP) is 3.04. The van der Waals surface area contributed by atoms with Gasteiger partial charge in [-0.15, -0.1) is 0 Å². The van der Waals surface area contributed by atoms with E-state index in [-0.39, 0.29) is 12.3 Å². The van der Waals surface area contributed by atoms with Crippen LogP contribution >= 0.6 is 15.9 Å². The summed E-state index contributed by atoms with van der Waals surface area (Å²) in [6.45, 7) is 4.99. The third-order valence-corrected chi connectivity index (χ3v) is 5.13. The number of ketones is 1. The normalized spacial score (nSPS) is 20.1. The van der Waals surface area contributed by atoms with Crippen LogP contribution < -0.4 is 5.32 Å². The van der Waals surface area contributed by atoms with Gasteiger partial charge in [0.05, 0.1) is 6.54 Å². The Balaban J connectivity index is 1.88. The minimum atomic E-state index is -1.21. The number of urea groups is 1. The summed E-state index contributed by atoms with van der Waals surface area (Å²) in [5.41, 5.74) is 1.52. The zero-order valence-electron chi connectivity index (χ0n) is 14.1. The first-order valence-electron chi connectivity index (χ1n) is 7.82. The fraction of sp³-hybridized carbons (Fsp3) is 0.278. The highest BCUT2D eigenvalue weighted by molar-refractivity contribution is 9.10. The molecular formula is C18H18BrN3O3. The molecule has 130 valence electrons. The maximum atomic E-state index is 12.9. The van der Waals surface area contributed by atoms with Gasteiger partial charge < -0.3 is 10.3 Å². The lowest BCUT2D eigenvalue weighted by Crippen LogP contribution is -2.41. The number of nitrogens with zero attached hydrogens (tertiary/aromatic N) is 1. The molecule has 7 heteroatoms. The van der Waals surface area contributed by atoms with Gasteiger partial charge in [-0.3, -0.25) is 14.5 Å². The van der Waals surface area contributed by atoms with E-state index in [1.807, 2.05) is 13.0 Å². The minimum Gasteiger partial charge on any atom is -0.362 e. The summed E-state index contributed by atoms with van der Waals surface area (Å²) in [5.74, 6) is -0.718. The van der Waals surface area contributed by atoms with Crippen molar-refractivity contribution in [3.63, 3.8) is 0 Å². The van der Waals surface area contributed by atoms with E-state index in [1.165, 1.54) is 0 Å². The molecular weight excluding hydrogens is 386 g/mol. The number of rotatable bonds is 4. The number of nitrogens with one attached hydrogen (secondary N) is 2. The van der Waals surface area contributed by atoms with E-state index in [0.29, 0.717) is 11.1 Å². The van der Waals surface area contributed by atoms with Crippen LogP contribution in [0.25, 0.3) is 0 Å². The fourth-order valence-electron chi connectivity index (χ4n) is 3.13. The van der Waals surface area contributed by atoms with Crippen LogP contribution in [0.4, 0.5) is 4.79 Å². The van der Waals surface area contributed by atoms with Crippen molar-refractivity contribution < 1.29 is 14.4 Å². The molecule has 1 fully saturated rings. The van der Waals surface area contributed by atoms with Crippen molar-refractivity contribution in [3.05, 3.63) is 57.3 Å². The zero-order chi connectivity index (χ0) is 18.4. The van der Waals surface area contributed by atoms with Crippen LogP contribution in [0.2, 0.25) is 0 Å². The van der Waals surface area contributed by atoms with Crippen molar-refractivity contribution >= 4 is 33.7 Å². The van der Waals surface area contributed by atoms with E-state index in [2.05, 4.69) is 26.2 Å². The fourth-order valence-corrected chi connectivity index (χ4v) is 3.81. The molecule has 3 rings (SSSR count). The lowest BCUT2D eigenvalue weighted by Gasteiger charge is -2.23. The van der Waals surface area contributed by atoms with Crippen LogP contribution in [0.1, 0.15) is 34.2 Å². The number of H-pyrrole nitrogens is 1. The number of aryl methyl sites for hydroxylation is 2. The van der Waals surface area contributed by atoms with Crippen molar-refractivity contribution in [3.8, 4) is 0 Å². The monoisotopic (exact) mass is 403 g/mol. The smallest absolute Gasteiger partial charge is 0.325 e. The molecule has 1 aromatic carbocycles. The molecule has 2 N–H and O–H groups in total. The number of benzene rings is 1. The van der Waals surface area contributed by atoms with Gasteiger partial charge in [0.25, 0.3) is 5.91 Å². The molecule has 1 aliphatic heterocycles. The molecule has 0 unspecified atom stereocenters. The SMILES string of the molecule is Cc1cc(C(=O)CN2C(=O)N[C@](C)(c3ccccc3Br)C2=O)c(C)[nH]1. The molecule has 1 atom stereocenters. The number of hydrogen-bond donors (Lipinski definition) is 2. The molecule has 0 aliphatic carbocycles. The number of carbonyl (C=O) groups excluding carboxylic acids is 3. The maximum Gasteiger partial charge on any atom is 0.325 e. The number of halogens is 1. The number of aromatic nitrogens is 1. The van der Waals surface area contributed by atoms with Crippen LogP contribution in [0.5, 0.6) is 0 Å². The van der Waals surface area contributed by atoms with Gasteiger partial charge in [0.1, 0.15) is 5.54 Å². The predicted molar refractivity (Wildman–Crippen MR) is 96.3 cm³/mol. The lowest BCUT2D eigenvalue weighted by atomic mass is 9.92. The third kappa shape index (κ3) is 2.89. The van der Waals surface area contributed by atoms with Gasteiger partial charge in [0.2, 0.25) is 0 Å². The third-order valence-electron chi connectivity index (χ3n) is 4.44. The van der Waals surface area contributed by atoms with Gasteiger partial charge in [-0.25, -0.2) is 4.79 Å². The van der Waals surface area contributed by atoms with Gasteiger partial charge in [0, 0.05) is 27.0 Å². The number of imide groups is 1. The molecule has 1 aromatic heterocycles. The first kappa shape index (κ1) is 17.4. The van der Waals surface area contributed by atoms with Crippen molar-refractivity contribution in [1.29, 1.82) is 0 Å². The standard InChI is InChI=1S/C18H18BrN3O3/c1-10-8-12(11(2)20-10)15(23)9-22-16(24)18(3,21-17(22)25)13-6-4-5-7-14(13)19/h4-8,20H,9H2,1-3H3,(H,21,25)/t18-/m1/s1. The average Bonchev–Trinajstić information content (AvgIpc) is 2.99. The molecule has 2 aromatic rings. The molecule has 0 radical (unpaired) electrons. The van der Waals surface area contributed by atoms with Crippen LogP contribution in [-0.2, 0) is 10.3 Å². The zero-order valence-corrected chi connectivity index (χ0v) is 15.7. The minimum absolute atomic E-state index is 0.276. The Bertz CT molecular complexity index is 889. The van der Waals surface area contributed by atoms with Gasteiger partial charge >= 0.3 is 6.03 Å². The summed E-state index contributed by atoms with van der Waals surface area (Å²) in [4.78, 5) is 41.8. The highest BCUT2D eigenvalue weighted by atomic mass is 79.9. The molecule has 1 aliphatic rings. The van der Waals surface area contributed by atoms with Crippen molar-refractivity contribution in [2.45, 2.75) is 26.3 Å². The Labute approximate surface area is 153 Å². The van der Waals surface area contributed by atoms with Crippen molar-refractivity contribution in [2.24, 2.45) is 0 Å². The van der Waals surface area contributed by atoms with Crippen LogP contribution in [0.3, 0.4) is 0 Å². The Morgan fingerprint density at radius 1 is 1.24 bits per heavy atom. The van der Waals surface area contributed by atoms with Crippen molar-refractivity contribution in [2.75, 3.05) is 6.54 Å². The highest BCUT2D eigenvalue weighted by Gasteiger charge is 2.50. The first-order valence-corrected chi connectivity index (χ1v) is 8.62. The quantitative estimate of drug-likeness (QED) is 0.607. The Morgan fingerprint density at radius 2 is 1.92 bits per heavy atom. The number of Topliss-reactive ketones (excluding diaryl/α,β-unsaturated/α-hetero) is 1. The molecule has 2 heterocycles. The van der Waals surface area contributed by atoms with E-state index in [4.69, 9.17) is 0 Å². The molecule has 3 amide bonds. The first-order chi connectivity index (χ1) is 11.7. The Kier molecular flexibility index (Phi) is 4.28. The van der Waals surface area contributed by atoms with Crippen LogP contribution in [-0.4, -0.2) is 34.2 Å². The molecule has 1 saturated heterocycles. The summed E-state index contributed by atoms with van der Waals surface area (Å²) in [7, 11) is 0.